The number of hydrogen-bond donors (Lipinski definition) is 2. The molecule has 0 aliphatic carbocycles. The van der Waals surface area contributed by atoms with Gasteiger partial charge in [-0.25, -0.2) is 9.79 Å². The smallest absolute Gasteiger partial charge is 0.344 e. The molecule has 2 N–H and O–H groups in total. The van der Waals surface area contributed by atoms with E-state index in [4.69, 9.17) is 4.74 Å². The van der Waals surface area contributed by atoms with Gasteiger partial charge < -0.3 is 14.9 Å². The molecule has 3 rings (SSSR count). The van der Waals surface area contributed by atoms with Gasteiger partial charge in [0.25, 0.3) is 0 Å². The number of aliphatic hydroxyl groups excluding tert-OH is 1. The van der Waals surface area contributed by atoms with Crippen LogP contribution in [0.5, 0.6) is 5.75 Å². The van der Waals surface area contributed by atoms with Crippen molar-refractivity contribution >= 4 is 34.5 Å². The number of para-hydroxylation sites is 1. The van der Waals surface area contributed by atoms with Crippen molar-refractivity contribution in [3.8, 4) is 5.75 Å². The Bertz CT molecular complexity index is 916. The summed E-state index contributed by atoms with van der Waals surface area (Å²) in [6.45, 7) is 1.90. The molecule has 1 aliphatic rings. The highest BCUT2D eigenvalue weighted by Crippen LogP contribution is 2.40. The van der Waals surface area contributed by atoms with E-state index in [0.29, 0.717) is 21.2 Å². The van der Waals surface area contributed by atoms with Gasteiger partial charge in [0.05, 0.1) is 17.2 Å². The van der Waals surface area contributed by atoms with Crippen LogP contribution in [-0.2, 0) is 9.53 Å². The second-order valence-corrected chi connectivity index (χ2v) is 6.43. The van der Waals surface area contributed by atoms with Crippen molar-refractivity contribution in [1.29, 1.82) is 0 Å². The Hall–Kier alpha value is -2.99. The monoisotopic (exact) mass is 367 g/mol. The fraction of sp³-hybridized carbons (Fsp3) is 0.100. The first-order valence-electron chi connectivity index (χ1n) is 8.02. The Morgan fingerprint density at radius 3 is 2.62 bits per heavy atom. The molecule has 0 saturated carbocycles. The predicted octanol–water partition coefficient (Wildman–Crippen LogP) is 4.59. The number of aliphatic hydroxyl groups is 1. The Morgan fingerprint density at radius 2 is 1.92 bits per heavy atom. The molecule has 5 nitrogen and oxygen atoms in total. The Kier molecular flexibility index (Phi) is 5.43. The molecule has 0 fully saturated rings. The van der Waals surface area contributed by atoms with Crippen LogP contribution < -0.4 is 0 Å². The maximum Gasteiger partial charge on any atom is 0.344 e. The van der Waals surface area contributed by atoms with Crippen molar-refractivity contribution in [1.82, 2.24) is 0 Å². The number of rotatable bonds is 4. The first-order valence-corrected chi connectivity index (χ1v) is 8.83. The van der Waals surface area contributed by atoms with E-state index in [2.05, 4.69) is 4.99 Å². The van der Waals surface area contributed by atoms with Gasteiger partial charge >= 0.3 is 5.97 Å². The second kappa shape index (κ2) is 7.93. The maximum absolute atomic E-state index is 12.3. The molecule has 2 aromatic rings. The van der Waals surface area contributed by atoms with Crippen LogP contribution in [-0.4, -0.2) is 27.8 Å². The van der Waals surface area contributed by atoms with Gasteiger partial charge in [-0.05, 0) is 42.8 Å². The Morgan fingerprint density at radius 1 is 1.15 bits per heavy atom. The fourth-order valence-corrected chi connectivity index (χ4v) is 3.41. The third-order valence-electron chi connectivity index (χ3n) is 3.53. The highest BCUT2D eigenvalue weighted by molar-refractivity contribution is 8.18. The molecule has 1 aliphatic heterocycles. The summed E-state index contributed by atoms with van der Waals surface area (Å²) in [7, 11) is 0. The van der Waals surface area contributed by atoms with Crippen molar-refractivity contribution in [3.63, 3.8) is 0 Å². The number of aromatic hydroxyl groups is 1. The molecule has 2 aromatic carbocycles. The lowest BCUT2D eigenvalue weighted by Crippen LogP contribution is -2.12. The highest BCUT2D eigenvalue weighted by atomic mass is 32.2. The Labute approximate surface area is 155 Å². The zero-order valence-electron chi connectivity index (χ0n) is 14.0. The molecular weight excluding hydrogens is 350 g/mol. The highest BCUT2D eigenvalue weighted by Gasteiger charge is 2.33. The summed E-state index contributed by atoms with van der Waals surface area (Å²) in [5.74, 6) is -0.674. The molecule has 0 spiro atoms. The van der Waals surface area contributed by atoms with Gasteiger partial charge in [-0.1, -0.05) is 42.1 Å². The minimum absolute atomic E-state index is 0.0482. The SMILES string of the molecule is CCOC(=O)C1=C(O)/C(=C\c2cccc(O)c2)SC1=Nc1ccccc1. The summed E-state index contributed by atoms with van der Waals surface area (Å²) in [5, 5.41) is 20.5. The lowest BCUT2D eigenvalue weighted by atomic mass is 10.1. The van der Waals surface area contributed by atoms with Gasteiger partial charge in [0, 0.05) is 0 Å². The fourth-order valence-electron chi connectivity index (χ4n) is 2.38. The molecule has 6 heteroatoms. The number of benzene rings is 2. The molecular formula is C20H17NO4S. The van der Waals surface area contributed by atoms with Gasteiger partial charge in [0.15, 0.2) is 0 Å². The van der Waals surface area contributed by atoms with Crippen LogP contribution >= 0.6 is 11.8 Å². The molecule has 0 aromatic heterocycles. The number of phenolic OH excluding ortho intramolecular Hbond substituents is 1. The summed E-state index contributed by atoms with van der Waals surface area (Å²) in [6, 6.07) is 15.8. The van der Waals surface area contributed by atoms with Crippen molar-refractivity contribution in [3.05, 3.63) is 76.4 Å². The Balaban J connectivity index is 2.04. The number of carbonyl (C=O) groups excluding carboxylic acids is 1. The van der Waals surface area contributed by atoms with Crippen LogP contribution in [0.15, 0.2) is 75.8 Å². The third-order valence-corrected chi connectivity index (χ3v) is 4.54. The van der Waals surface area contributed by atoms with Crippen LogP contribution in [0.4, 0.5) is 5.69 Å². The number of ether oxygens (including phenoxy) is 1. The molecule has 26 heavy (non-hydrogen) atoms. The zero-order chi connectivity index (χ0) is 18.5. The molecule has 0 unspecified atom stereocenters. The van der Waals surface area contributed by atoms with Gasteiger partial charge in [0.1, 0.15) is 22.1 Å². The maximum atomic E-state index is 12.3. The number of aliphatic imine (C=N–C) groups is 1. The summed E-state index contributed by atoms with van der Waals surface area (Å²) >= 11 is 1.18. The van der Waals surface area contributed by atoms with E-state index in [1.165, 1.54) is 11.8 Å². The number of nitrogens with zero attached hydrogens (tertiary/aromatic N) is 1. The number of carbonyl (C=O) groups is 1. The standard InChI is InChI=1S/C20H17NO4S/c1-2-25-20(24)17-18(23)16(12-13-7-6-10-15(22)11-13)26-19(17)21-14-8-4-3-5-9-14/h3-12,22-23H,2H2,1H3/b16-12+,21-19?. The van der Waals surface area contributed by atoms with Crippen LogP contribution in [0.3, 0.4) is 0 Å². The summed E-state index contributed by atoms with van der Waals surface area (Å²) in [4.78, 5) is 17.2. The molecule has 1 heterocycles. The van der Waals surface area contributed by atoms with E-state index in [1.807, 2.05) is 30.3 Å². The van der Waals surface area contributed by atoms with E-state index in [-0.39, 0.29) is 23.7 Å². The van der Waals surface area contributed by atoms with Gasteiger partial charge in [-0.3, -0.25) is 0 Å². The van der Waals surface area contributed by atoms with Gasteiger partial charge in [-0.2, -0.15) is 0 Å². The van der Waals surface area contributed by atoms with Crippen LogP contribution in [0.25, 0.3) is 6.08 Å². The van der Waals surface area contributed by atoms with E-state index >= 15 is 0 Å². The van der Waals surface area contributed by atoms with E-state index < -0.39 is 5.97 Å². The van der Waals surface area contributed by atoms with Crippen molar-refractivity contribution in [2.24, 2.45) is 4.99 Å². The predicted molar refractivity (Wildman–Crippen MR) is 103 cm³/mol. The number of thioether (sulfide) groups is 1. The lowest BCUT2D eigenvalue weighted by molar-refractivity contribution is -0.138. The second-order valence-electron chi connectivity index (χ2n) is 5.40. The normalized spacial score (nSPS) is 17.1. The lowest BCUT2D eigenvalue weighted by Gasteiger charge is -2.03. The minimum atomic E-state index is -0.619. The quantitative estimate of drug-likeness (QED) is 0.773. The number of esters is 1. The summed E-state index contributed by atoms with van der Waals surface area (Å²) < 4.78 is 5.06. The molecule has 0 saturated heterocycles. The largest absolute Gasteiger partial charge is 0.508 e. The van der Waals surface area contributed by atoms with E-state index in [1.54, 1.807) is 37.3 Å². The first kappa shape index (κ1) is 17.8. The third kappa shape index (κ3) is 3.97. The van der Waals surface area contributed by atoms with Gasteiger partial charge in [-0.15, -0.1) is 0 Å². The van der Waals surface area contributed by atoms with Crippen molar-refractivity contribution in [2.45, 2.75) is 6.92 Å². The zero-order valence-corrected chi connectivity index (χ0v) is 14.9. The molecule has 132 valence electrons. The van der Waals surface area contributed by atoms with Crippen molar-refractivity contribution < 1.29 is 19.7 Å². The summed E-state index contributed by atoms with van der Waals surface area (Å²) in [6.07, 6.45) is 1.69. The topological polar surface area (TPSA) is 79.1 Å². The molecule has 0 atom stereocenters. The van der Waals surface area contributed by atoms with E-state index in [0.717, 1.165) is 0 Å². The number of phenols is 1. The molecule has 0 amide bonds. The average Bonchev–Trinajstić information content (AvgIpc) is 2.91. The average molecular weight is 367 g/mol. The molecule has 0 radical (unpaired) electrons. The molecule has 0 bridgehead atoms. The number of hydrogen-bond acceptors (Lipinski definition) is 6. The van der Waals surface area contributed by atoms with Gasteiger partial charge in [0.2, 0.25) is 0 Å². The van der Waals surface area contributed by atoms with Crippen LogP contribution in [0.1, 0.15) is 12.5 Å². The first-order chi connectivity index (χ1) is 12.6. The van der Waals surface area contributed by atoms with Crippen LogP contribution in [0, 0.1) is 0 Å². The van der Waals surface area contributed by atoms with Crippen LogP contribution in [0.2, 0.25) is 0 Å². The van der Waals surface area contributed by atoms with E-state index in [9.17, 15) is 15.0 Å². The van der Waals surface area contributed by atoms with Crippen molar-refractivity contribution in [2.75, 3.05) is 6.61 Å². The minimum Gasteiger partial charge on any atom is -0.508 e. The summed E-state index contributed by atoms with van der Waals surface area (Å²) in [5.41, 5.74) is 1.42.